The summed E-state index contributed by atoms with van der Waals surface area (Å²) in [4.78, 5) is 10.8. The minimum absolute atomic E-state index is 0.642. The third kappa shape index (κ3) is 4.32. The summed E-state index contributed by atoms with van der Waals surface area (Å²) in [7, 11) is 0. The molecule has 76 valence electrons. The number of rotatable bonds is 7. The molecule has 0 aromatic rings. The largest absolute Gasteiger partial charge is 0.481 e. The summed E-state index contributed by atoms with van der Waals surface area (Å²) in [5.41, 5.74) is -0.772. The zero-order chi connectivity index (χ0) is 10.3. The van der Waals surface area contributed by atoms with Gasteiger partial charge < -0.3 is 5.11 Å². The number of carbonyl (C=O) groups is 1. The van der Waals surface area contributed by atoms with Gasteiger partial charge in [0.15, 0.2) is 0 Å². The van der Waals surface area contributed by atoms with Crippen molar-refractivity contribution in [2.24, 2.45) is 5.41 Å². The van der Waals surface area contributed by atoms with Crippen molar-refractivity contribution in [2.75, 3.05) is 5.88 Å². The van der Waals surface area contributed by atoms with Gasteiger partial charge in [-0.3, -0.25) is 4.79 Å². The molecule has 0 bridgehead atoms. The minimum Gasteiger partial charge on any atom is -0.481 e. The van der Waals surface area contributed by atoms with Crippen LogP contribution in [-0.2, 0) is 4.79 Å². The highest BCUT2D eigenvalue weighted by Gasteiger charge is 2.28. The van der Waals surface area contributed by atoms with Crippen LogP contribution in [0, 0.1) is 5.41 Å². The van der Waals surface area contributed by atoms with E-state index in [1.54, 1.807) is 6.92 Å². The first-order valence-electron chi connectivity index (χ1n) is 4.50. The average Bonchev–Trinajstić information content (AvgIpc) is 2.12. The Bertz CT molecular complexity index is 180. The maximum Gasteiger partial charge on any atom is 0.313 e. The third-order valence-corrected chi connectivity index (χ3v) is 2.54. The first kappa shape index (κ1) is 12.5. The first-order chi connectivity index (χ1) is 6.06. The molecule has 0 saturated carbocycles. The molecular weight excluding hydrogens is 188 g/mol. The van der Waals surface area contributed by atoms with E-state index in [0.29, 0.717) is 12.3 Å². The van der Waals surface area contributed by atoms with Gasteiger partial charge in [0.2, 0.25) is 0 Å². The van der Waals surface area contributed by atoms with Gasteiger partial charge in [-0.1, -0.05) is 18.9 Å². The van der Waals surface area contributed by atoms with Crippen molar-refractivity contribution in [2.45, 2.75) is 32.6 Å². The number of alkyl halides is 1. The van der Waals surface area contributed by atoms with Crippen molar-refractivity contribution in [3.63, 3.8) is 0 Å². The van der Waals surface area contributed by atoms with Crippen LogP contribution in [0.25, 0.3) is 0 Å². The summed E-state index contributed by atoms with van der Waals surface area (Å²) in [5, 5.41) is 8.89. The number of unbranched alkanes of at least 4 members (excludes halogenated alkanes) is 2. The quantitative estimate of drug-likeness (QED) is 0.393. The molecule has 0 saturated heterocycles. The molecule has 2 nitrogen and oxygen atoms in total. The Kier molecular flexibility index (Phi) is 5.80. The molecule has 13 heavy (non-hydrogen) atoms. The molecule has 0 aromatic heterocycles. The zero-order valence-electron chi connectivity index (χ0n) is 8.05. The lowest BCUT2D eigenvalue weighted by Gasteiger charge is -2.19. The second-order valence-electron chi connectivity index (χ2n) is 3.43. The normalized spacial score (nSPS) is 14.9. The lowest BCUT2D eigenvalue weighted by molar-refractivity contribution is -0.145. The highest BCUT2D eigenvalue weighted by Crippen LogP contribution is 2.25. The number of aliphatic carboxylic acids is 1. The van der Waals surface area contributed by atoms with Gasteiger partial charge in [-0.05, 0) is 19.8 Å². The molecule has 0 radical (unpaired) electrons. The molecule has 1 unspecified atom stereocenters. The standard InChI is InChI=1S/C10H17ClO2/c1-3-10(2,9(12)13)7-5-4-6-8-11/h3H,1,4-8H2,2H3,(H,12,13). The number of halogens is 1. The monoisotopic (exact) mass is 204 g/mol. The molecule has 0 aliphatic carbocycles. The molecule has 0 rings (SSSR count). The van der Waals surface area contributed by atoms with Crippen LogP contribution >= 0.6 is 11.6 Å². The van der Waals surface area contributed by atoms with Crippen molar-refractivity contribution >= 4 is 17.6 Å². The molecule has 0 aliphatic heterocycles. The molecule has 0 fully saturated rings. The van der Waals surface area contributed by atoms with Crippen LogP contribution in [0.1, 0.15) is 32.6 Å². The second kappa shape index (κ2) is 6.03. The molecule has 0 amide bonds. The van der Waals surface area contributed by atoms with Gasteiger partial charge in [0, 0.05) is 5.88 Å². The Hall–Kier alpha value is -0.500. The molecular formula is C10H17ClO2. The van der Waals surface area contributed by atoms with E-state index in [9.17, 15) is 4.79 Å². The molecule has 1 atom stereocenters. The van der Waals surface area contributed by atoms with Crippen LogP contribution in [-0.4, -0.2) is 17.0 Å². The van der Waals surface area contributed by atoms with E-state index < -0.39 is 11.4 Å². The van der Waals surface area contributed by atoms with E-state index in [1.165, 1.54) is 6.08 Å². The van der Waals surface area contributed by atoms with Gasteiger partial charge in [-0.15, -0.1) is 18.2 Å². The Morgan fingerprint density at radius 2 is 2.15 bits per heavy atom. The summed E-state index contributed by atoms with van der Waals surface area (Å²) in [6.07, 6.45) is 4.98. The van der Waals surface area contributed by atoms with Gasteiger partial charge in [-0.2, -0.15) is 0 Å². The van der Waals surface area contributed by atoms with Crippen molar-refractivity contribution < 1.29 is 9.90 Å². The van der Waals surface area contributed by atoms with Gasteiger partial charge in [-0.25, -0.2) is 0 Å². The Morgan fingerprint density at radius 1 is 1.54 bits per heavy atom. The van der Waals surface area contributed by atoms with Crippen LogP contribution in [0.2, 0.25) is 0 Å². The van der Waals surface area contributed by atoms with Gasteiger partial charge in [0.05, 0.1) is 5.41 Å². The topological polar surface area (TPSA) is 37.3 Å². The van der Waals surface area contributed by atoms with Gasteiger partial charge in [0.25, 0.3) is 0 Å². The minimum atomic E-state index is -0.798. The summed E-state index contributed by atoms with van der Waals surface area (Å²) >= 11 is 5.51. The average molecular weight is 205 g/mol. The van der Waals surface area contributed by atoms with E-state index in [4.69, 9.17) is 16.7 Å². The van der Waals surface area contributed by atoms with Crippen molar-refractivity contribution in [3.8, 4) is 0 Å². The Balaban J connectivity index is 3.85. The maximum absolute atomic E-state index is 10.8. The maximum atomic E-state index is 10.8. The van der Waals surface area contributed by atoms with Crippen molar-refractivity contribution in [1.29, 1.82) is 0 Å². The fraction of sp³-hybridized carbons (Fsp3) is 0.700. The van der Waals surface area contributed by atoms with Crippen LogP contribution in [0.4, 0.5) is 0 Å². The molecule has 3 heteroatoms. The van der Waals surface area contributed by atoms with E-state index in [0.717, 1.165) is 19.3 Å². The second-order valence-corrected chi connectivity index (χ2v) is 3.80. The summed E-state index contributed by atoms with van der Waals surface area (Å²) < 4.78 is 0. The van der Waals surface area contributed by atoms with E-state index in [2.05, 4.69) is 6.58 Å². The molecule has 0 heterocycles. The fourth-order valence-electron chi connectivity index (χ4n) is 1.06. The van der Waals surface area contributed by atoms with Gasteiger partial charge >= 0.3 is 5.97 Å². The molecule has 1 N–H and O–H groups in total. The van der Waals surface area contributed by atoms with Crippen LogP contribution in [0.5, 0.6) is 0 Å². The third-order valence-electron chi connectivity index (χ3n) is 2.27. The van der Waals surface area contributed by atoms with E-state index >= 15 is 0 Å². The highest BCUT2D eigenvalue weighted by atomic mass is 35.5. The highest BCUT2D eigenvalue weighted by molar-refractivity contribution is 6.17. The SMILES string of the molecule is C=CC(C)(CCCCCCl)C(=O)O. The van der Waals surface area contributed by atoms with Crippen molar-refractivity contribution in [1.82, 2.24) is 0 Å². The van der Waals surface area contributed by atoms with E-state index in [1.807, 2.05) is 0 Å². The summed E-state index contributed by atoms with van der Waals surface area (Å²) in [5.74, 6) is -0.147. The molecule has 0 aromatic carbocycles. The zero-order valence-corrected chi connectivity index (χ0v) is 8.81. The van der Waals surface area contributed by atoms with Gasteiger partial charge in [0.1, 0.15) is 0 Å². The van der Waals surface area contributed by atoms with Crippen molar-refractivity contribution in [3.05, 3.63) is 12.7 Å². The number of carboxylic acid groups (broad SMARTS) is 1. The molecule has 0 spiro atoms. The van der Waals surface area contributed by atoms with Crippen LogP contribution in [0.15, 0.2) is 12.7 Å². The molecule has 0 aliphatic rings. The number of hydrogen-bond acceptors (Lipinski definition) is 1. The first-order valence-corrected chi connectivity index (χ1v) is 5.03. The Morgan fingerprint density at radius 3 is 2.54 bits per heavy atom. The predicted octanol–water partition coefficient (Wildman–Crippen LogP) is 3.06. The number of carboxylic acids is 1. The summed E-state index contributed by atoms with van der Waals surface area (Å²) in [6, 6.07) is 0. The predicted molar refractivity (Wildman–Crippen MR) is 55.1 cm³/mol. The lowest BCUT2D eigenvalue weighted by Crippen LogP contribution is -2.24. The fourth-order valence-corrected chi connectivity index (χ4v) is 1.25. The van der Waals surface area contributed by atoms with E-state index in [-0.39, 0.29) is 0 Å². The van der Waals surface area contributed by atoms with Crippen LogP contribution in [0.3, 0.4) is 0 Å². The number of hydrogen-bond donors (Lipinski definition) is 1. The smallest absolute Gasteiger partial charge is 0.313 e. The Labute approximate surface area is 84.6 Å². The van der Waals surface area contributed by atoms with Crippen LogP contribution < -0.4 is 0 Å². The lowest BCUT2D eigenvalue weighted by atomic mass is 9.85. The summed E-state index contributed by atoms with van der Waals surface area (Å²) in [6.45, 7) is 5.24.